The van der Waals surface area contributed by atoms with Crippen LogP contribution in [0, 0.1) is 5.41 Å². The summed E-state index contributed by atoms with van der Waals surface area (Å²) in [6.07, 6.45) is 3.49. The maximum Gasteiger partial charge on any atom is 0.0363 e. The Morgan fingerprint density at radius 3 is 2.73 bits per heavy atom. The molecule has 0 unspecified atom stereocenters. The Hall–Kier alpha value is -0.370. The molecular weight excluding hydrogens is 136 g/mol. The van der Waals surface area contributed by atoms with E-state index in [1.165, 1.54) is 19.4 Å². The first-order valence-corrected chi connectivity index (χ1v) is 4.50. The third-order valence-corrected chi connectivity index (χ3v) is 2.30. The largest absolute Gasteiger partial charge is 0.308 e. The first-order valence-electron chi connectivity index (χ1n) is 4.50. The van der Waals surface area contributed by atoms with Crippen molar-refractivity contribution in [2.45, 2.75) is 39.2 Å². The minimum absolute atomic E-state index is 0.605. The van der Waals surface area contributed by atoms with Gasteiger partial charge in [0.1, 0.15) is 0 Å². The van der Waals surface area contributed by atoms with E-state index < -0.39 is 0 Å². The van der Waals surface area contributed by atoms with Gasteiger partial charge in [-0.25, -0.2) is 0 Å². The van der Waals surface area contributed by atoms with E-state index in [4.69, 9.17) is 5.41 Å². The van der Waals surface area contributed by atoms with Gasteiger partial charge in [0.15, 0.2) is 0 Å². The second-order valence-electron chi connectivity index (χ2n) is 3.62. The second kappa shape index (κ2) is 3.86. The molecule has 0 spiro atoms. The van der Waals surface area contributed by atoms with Crippen LogP contribution in [0.25, 0.3) is 0 Å². The molecule has 0 saturated carbocycles. The van der Waals surface area contributed by atoms with E-state index in [1.54, 1.807) is 0 Å². The molecule has 1 fully saturated rings. The van der Waals surface area contributed by atoms with Crippen LogP contribution in [0.1, 0.15) is 33.1 Å². The van der Waals surface area contributed by atoms with Crippen molar-refractivity contribution in [3.05, 3.63) is 0 Å². The molecule has 1 saturated heterocycles. The summed E-state index contributed by atoms with van der Waals surface area (Å²) in [6.45, 7) is 6.49. The summed E-state index contributed by atoms with van der Waals surface area (Å²) in [7, 11) is 0. The van der Waals surface area contributed by atoms with Crippen LogP contribution in [-0.4, -0.2) is 29.7 Å². The summed E-state index contributed by atoms with van der Waals surface area (Å²) < 4.78 is 0. The van der Waals surface area contributed by atoms with Crippen LogP contribution < -0.4 is 0 Å². The van der Waals surface area contributed by atoms with E-state index in [-0.39, 0.29) is 0 Å². The molecule has 0 aliphatic carbocycles. The van der Waals surface area contributed by atoms with Gasteiger partial charge < -0.3 is 5.41 Å². The SMILES string of the molecule is CC(C)N1CCCCC(=N)C1. The first kappa shape index (κ1) is 8.72. The number of hydrogen-bond acceptors (Lipinski definition) is 2. The Balaban J connectivity index is 2.45. The molecule has 1 aliphatic heterocycles. The van der Waals surface area contributed by atoms with Crippen LogP contribution in [0.3, 0.4) is 0 Å². The predicted molar refractivity (Wildman–Crippen MR) is 48.3 cm³/mol. The molecule has 1 N–H and O–H groups in total. The smallest absolute Gasteiger partial charge is 0.0363 e. The number of nitrogens with zero attached hydrogens (tertiary/aromatic N) is 1. The van der Waals surface area contributed by atoms with Crippen molar-refractivity contribution in [3.63, 3.8) is 0 Å². The lowest BCUT2D eigenvalue weighted by Crippen LogP contribution is -2.34. The Labute approximate surface area is 69.1 Å². The Morgan fingerprint density at radius 1 is 1.36 bits per heavy atom. The minimum atomic E-state index is 0.605. The fourth-order valence-electron chi connectivity index (χ4n) is 1.50. The van der Waals surface area contributed by atoms with E-state index in [1.807, 2.05) is 0 Å². The molecule has 0 aromatic carbocycles. The van der Waals surface area contributed by atoms with Gasteiger partial charge in [0.25, 0.3) is 0 Å². The summed E-state index contributed by atoms with van der Waals surface area (Å²) in [5, 5.41) is 7.61. The van der Waals surface area contributed by atoms with Crippen LogP contribution in [0.15, 0.2) is 0 Å². The Morgan fingerprint density at radius 2 is 2.09 bits per heavy atom. The first-order chi connectivity index (χ1) is 5.20. The molecule has 1 aliphatic rings. The van der Waals surface area contributed by atoms with E-state index in [9.17, 15) is 0 Å². The maximum absolute atomic E-state index is 7.61. The lowest BCUT2D eigenvalue weighted by Gasteiger charge is -2.23. The molecule has 0 radical (unpaired) electrons. The van der Waals surface area contributed by atoms with Gasteiger partial charge in [0.2, 0.25) is 0 Å². The minimum Gasteiger partial charge on any atom is -0.308 e. The van der Waals surface area contributed by atoms with Crippen LogP contribution in [0.5, 0.6) is 0 Å². The normalized spacial score (nSPS) is 22.3. The zero-order chi connectivity index (χ0) is 8.27. The molecule has 0 amide bonds. The van der Waals surface area contributed by atoms with Crippen LogP contribution in [0.4, 0.5) is 0 Å². The van der Waals surface area contributed by atoms with Crippen molar-refractivity contribution < 1.29 is 0 Å². The molecular formula is C9H18N2. The quantitative estimate of drug-likeness (QED) is 0.613. The van der Waals surface area contributed by atoms with Crippen LogP contribution >= 0.6 is 0 Å². The van der Waals surface area contributed by atoms with Crippen molar-refractivity contribution in [3.8, 4) is 0 Å². The summed E-state index contributed by atoms with van der Waals surface area (Å²) in [4.78, 5) is 2.38. The predicted octanol–water partition coefficient (Wildman–Crippen LogP) is 1.90. The summed E-state index contributed by atoms with van der Waals surface area (Å²) in [5.74, 6) is 0. The third kappa shape index (κ3) is 2.62. The van der Waals surface area contributed by atoms with Gasteiger partial charge in [-0.3, -0.25) is 4.90 Å². The molecule has 0 atom stereocenters. The highest BCUT2D eigenvalue weighted by molar-refractivity contribution is 5.83. The van der Waals surface area contributed by atoms with Gasteiger partial charge in [0, 0.05) is 18.3 Å². The van der Waals surface area contributed by atoms with Crippen LogP contribution in [-0.2, 0) is 0 Å². The molecule has 1 rings (SSSR count). The zero-order valence-corrected chi connectivity index (χ0v) is 7.56. The van der Waals surface area contributed by atoms with E-state index in [0.717, 1.165) is 18.7 Å². The van der Waals surface area contributed by atoms with Gasteiger partial charge in [0.05, 0.1) is 0 Å². The van der Waals surface area contributed by atoms with Crippen molar-refractivity contribution >= 4 is 5.71 Å². The fourth-order valence-corrected chi connectivity index (χ4v) is 1.50. The molecule has 2 heteroatoms. The van der Waals surface area contributed by atoms with Crippen LogP contribution in [0.2, 0.25) is 0 Å². The lowest BCUT2D eigenvalue weighted by atomic mass is 10.2. The van der Waals surface area contributed by atoms with Crippen molar-refractivity contribution in [2.75, 3.05) is 13.1 Å². The van der Waals surface area contributed by atoms with E-state index >= 15 is 0 Å². The van der Waals surface area contributed by atoms with Gasteiger partial charge in [-0.1, -0.05) is 0 Å². The van der Waals surface area contributed by atoms with E-state index in [2.05, 4.69) is 18.7 Å². The molecule has 0 aromatic rings. The van der Waals surface area contributed by atoms with Gasteiger partial charge in [-0.2, -0.15) is 0 Å². The maximum atomic E-state index is 7.61. The van der Waals surface area contributed by atoms with Gasteiger partial charge in [-0.15, -0.1) is 0 Å². The highest BCUT2D eigenvalue weighted by Gasteiger charge is 2.14. The van der Waals surface area contributed by atoms with Crippen molar-refractivity contribution in [1.29, 1.82) is 5.41 Å². The summed E-state index contributed by atoms with van der Waals surface area (Å²) in [6, 6.07) is 0.605. The molecule has 1 heterocycles. The number of rotatable bonds is 1. The molecule has 64 valence electrons. The highest BCUT2D eigenvalue weighted by atomic mass is 15.1. The van der Waals surface area contributed by atoms with Crippen molar-refractivity contribution in [1.82, 2.24) is 4.90 Å². The second-order valence-corrected chi connectivity index (χ2v) is 3.62. The molecule has 0 aromatic heterocycles. The topological polar surface area (TPSA) is 27.1 Å². The number of nitrogens with one attached hydrogen (secondary N) is 1. The third-order valence-electron chi connectivity index (χ3n) is 2.30. The standard InChI is InChI=1S/C9H18N2/c1-8(2)11-6-4-3-5-9(10)7-11/h8,10H,3-7H2,1-2H3. The molecule has 0 bridgehead atoms. The summed E-state index contributed by atoms with van der Waals surface area (Å²) in [5.41, 5.74) is 0.913. The number of likely N-dealkylation sites (tertiary alicyclic amines) is 1. The van der Waals surface area contributed by atoms with Gasteiger partial charge >= 0.3 is 0 Å². The highest BCUT2D eigenvalue weighted by Crippen LogP contribution is 2.09. The monoisotopic (exact) mass is 154 g/mol. The Bertz CT molecular complexity index is 140. The van der Waals surface area contributed by atoms with Gasteiger partial charge in [-0.05, 0) is 39.7 Å². The lowest BCUT2D eigenvalue weighted by molar-refractivity contribution is 0.255. The molecule has 11 heavy (non-hydrogen) atoms. The zero-order valence-electron chi connectivity index (χ0n) is 7.56. The number of hydrogen-bond donors (Lipinski definition) is 1. The average Bonchev–Trinajstić information content (AvgIpc) is 2.13. The van der Waals surface area contributed by atoms with E-state index in [0.29, 0.717) is 6.04 Å². The summed E-state index contributed by atoms with van der Waals surface area (Å²) >= 11 is 0. The average molecular weight is 154 g/mol. The molecule has 2 nitrogen and oxygen atoms in total. The fraction of sp³-hybridized carbons (Fsp3) is 0.889. The Kier molecular flexibility index (Phi) is 3.06. The van der Waals surface area contributed by atoms with Crippen molar-refractivity contribution in [2.24, 2.45) is 0 Å².